The highest BCUT2D eigenvalue weighted by atomic mass is 127. The molecule has 1 atom stereocenters. The molecule has 0 saturated carbocycles. The van der Waals surface area contributed by atoms with Gasteiger partial charge in [-0.15, -0.1) is 24.0 Å². The van der Waals surface area contributed by atoms with Crippen molar-refractivity contribution in [1.29, 1.82) is 0 Å². The van der Waals surface area contributed by atoms with Gasteiger partial charge in [0.2, 0.25) is 5.91 Å². The minimum Gasteiger partial charge on any atom is -0.381 e. The van der Waals surface area contributed by atoms with Gasteiger partial charge in [0.25, 0.3) is 0 Å². The maximum absolute atomic E-state index is 13.8. The molecule has 0 bridgehead atoms. The molecule has 2 fully saturated rings. The first kappa shape index (κ1) is 23.9. The van der Waals surface area contributed by atoms with E-state index in [0.29, 0.717) is 32.7 Å². The van der Waals surface area contributed by atoms with Crippen LogP contribution < -0.4 is 10.6 Å². The van der Waals surface area contributed by atoms with Crippen molar-refractivity contribution in [2.45, 2.75) is 44.1 Å². The van der Waals surface area contributed by atoms with E-state index in [1.807, 2.05) is 17.9 Å². The van der Waals surface area contributed by atoms with Gasteiger partial charge in [-0.25, -0.2) is 4.39 Å². The van der Waals surface area contributed by atoms with E-state index in [9.17, 15) is 9.18 Å². The summed E-state index contributed by atoms with van der Waals surface area (Å²) in [5, 5.41) is 6.87. The van der Waals surface area contributed by atoms with Gasteiger partial charge in [-0.3, -0.25) is 9.79 Å². The van der Waals surface area contributed by atoms with Gasteiger partial charge in [0.15, 0.2) is 5.96 Å². The fourth-order valence-corrected chi connectivity index (χ4v) is 4.12. The second kappa shape index (κ2) is 11.1. The number of hydrogen-bond donors (Lipinski definition) is 2. The van der Waals surface area contributed by atoms with Crippen LogP contribution in [0, 0.1) is 5.82 Å². The fourth-order valence-electron chi connectivity index (χ4n) is 4.12. The summed E-state index contributed by atoms with van der Waals surface area (Å²) in [7, 11) is 1.75. The number of benzene rings is 1. The largest absolute Gasteiger partial charge is 0.381 e. The van der Waals surface area contributed by atoms with Gasteiger partial charge in [-0.05, 0) is 37.0 Å². The van der Waals surface area contributed by atoms with Crippen LogP contribution in [0.3, 0.4) is 0 Å². The maximum Gasteiger partial charge on any atom is 0.222 e. The molecular formula is C21H32FIN4O2. The Bertz CT molecular complexity index is 710. The van der Waals surface area contributed by atoms with E-state index < -0.39 is 0 Å². The van der Waals surface area contributed by atoms with Gasteiger partial charge >= 0.3 is 0 Å². The van der Waals surface area contributed by atoms with Crippen LogP contribution >= 0.6 is 24.0 Å². The number of hydrogen-bond acceptors (Lipinski definition) is 3. The number of aliphatic imine (C=N–C) groups is 1. The Kier molecular flexibility index (Phi) is 9.13. The molecule has 6 nitrogen and oxygen atoms in total. The summed E-state index contributed by atoms with van der Waals surface area (Å²) in [5.41, 5.74) is 0.817. The third-order valence-corrected chi connectivity index (χ3v) is 5.89. The number of guanidine groups is 1. The van der Waals surface area contributed by atoms with Gasteiger partial charge in [-0.1, -0.05) is 19.1 Å². The molecule has 2 aliphatic heterocycles. The van der Waals surface area contributed by atoms with E-state index in [1.165, 1.54) is 6.07 Å². The first-order valence-electron chi connectivity index (χ1n) is 10.1. The minimum atomic E-state index is -0.211. The van der Waals surface area contributed by atoms with Crippen molar-refractivity contribution in [3.8, 4) is 0 Å². The predicted octanol–water partition coefficient (Wildman–Crippen LogP) is 2.67. The minimum absolute atomic E-state index is 0. The monoisotopic (exact) mass is 518 g/mol. The Morgan fingerprint density at radius 1 is 1.38 bits per heavy atom. The SMILES string of the molecule is CCC(=O)N1CCC(NC(=NC)NCC2(c3cccc(F)c3)CCOCC2)C1.I. The fraction of sp³-hybridized carbons (Fsp3) is 0.619. The summed E-state index contributed by atoms with van der Waals surface area (Å²) < 4.78 is 19.4. The third-order valence-electron chi connectivity index (χ3n) is 5.89. The number of nitrogens with one attached hydrogen (secondary N) is 2. The lowest BCUT2D eigenvalue weighted by Gasteiger charge is -2.38. The lowest BCUT2D eigenvalue weighted by atomic mass is 9.74. The van der Waals surface area contributed by atoms with Gasteiger partial charge in [-0.2, -0.15) is 0 Å². The normalized spacial score (nSPS) is 21.4. The van der Waals surface area contributed by atoms with Crippen LogP contribution in [-0.2, 0) is 14.9 Å². The molecule has 1 aromatic carbocycles. The van der Waals surface area contributed by atoms with Gasteiger partial charge < -0.3 is 20.3 Å². The summed E-state index contributed by atoms with van der Waals surface area (Å²) in [5.74, 6) is 0.704. The molecule has 2 aliphatic rings. The second-order valence-electron chi connectivity index (χ2n) is 7.65. The molecule has 3 rings (SSSR count). The van der Waals surface area contributed by atoms with Crippen molar-refractivity contribution in [3.05, 3.63) is 35.6 Å². The number of nitrogens with zero attached hydrogens (tertiary/aromatic N) is 2. The third kappa shape index (κ3) is 6.04. The lowest BCUT2D eigenvalue weighted by Crippen LogP contribution is -2.50. The molecule has 8 heteroatoms. The van der Waals surface area contributed by atoms with Gasteiger partial charge in [0.05, 0.1) is 0 Å². The summed E-state index contributed by atoms with van der Waals surface area (Å²) in [6.45, 7) is 5.37. The van der Waals surface area contributed by atoms with Crippen LogP contribution in [0.1, 0.15) is 38.2 Å². The number of halogens is 2. The van der Waals surface area contributed by atoms with Crippen LogP contribution in [0.5, 0.6) is 0 Å². The zero-order valence-corrected chi connectivity index (χ0v) is 19.6. The number of rotatable bonds is 5. The summed E-state index contributed by atoms with van der Waals surface area (Å²) in [6, 6.07) is 7.08. The highest BCUT2D eigenvalue weighted by Crippen LogP contribution is 2.34. The Morgan fingerprint density at radius 3 is 2.79 bits per heavy atom. The van der Waals surface area contributed by atoms with Crippen molar-refractivity contribution < 1.29 is 13.9 Å². The summed E-state index contributed by atoms with van der Waals surface area (Å²) >= 11 is 0. The summed E-state index contributed by atoms with van der Waals surface area (Å²) in [4.78, 5) is 18.1. The Balaban J connectivity index is 0.00000300. The smallest absolute Gasteiger partial charge is 0.222 e. The van der Waals surface area contributed by atoms with Crippen LogP contribution in [0.4, 0.5) is 4.39 Å². The molecule has 0 radical (unpaired) electrons. The molecule has 162 valence electrons. The van der Waals surface area contributed by atoms with E-state index in [2.05, 4.69) is 15.6 Å². The molecule has 2 saturated heterocycles. The lowest BCUT2D eigenvalue weighted by molar-refractivity contribution is -0.129. The molecule has 1 unspecified atom stereocenters. The number of carbonyl (C=O) groups is 1. The zero-order valence-electron chi connectivity index (χ0n) is 17.2. The van der Waals surface area contributed by atoms with Crippen LogP contribution in [0.2, 0.25) is 0 Å². The molecule has 2 N–H and O–H groups in total. The molecule has 1 amide bonds. The zero-order chi connectivity index (χ0) is 20.0. The quantitative estimate of drug-likeness (QED) is 0.358. The van der Waals surface area contributed by atoms with Crippen molar-refractivity contribution in [2.75, 3.05) is 39.9 Å². The molecule has 0 aliphatic carbocycles. The first-order valence-corrected chi connectivity index (χ1v) is 10.1. The predicted molar refractivity (Wildman–Crippen MR) is 123 cm³/mol. The molecule has 0 spiro atoms. The summed E-state index contributed by atoms with van der Waals surface area (Å²) in [6.07, 6.45) is 3.12. The molecule has 2 heterocycles. The molecule has 1 aromatic rings. The number of carbonyl (C=O) groups excluding carboxylic acids is 1. The van der Waals surface area contributed by atoms with Gasteiger partial charge in [0.1, 0.15) is 5.82 Å². The number of likely N-dealkylation sites (tertiary alicyclic amines) is 1. The average molecular weight is 518 g/mol. The van der Waals surface area contributed by atoms with Crippen molar-refractivity contribution in [2.24, 2.45) is 4.99 Å². The Morgan fingerprint density at radius 2 is 2.14 bits per heavy atom. The van der Waals surface area contributed by atoms with Crippen LogP contribution in [0.25, 0.3) is 0 Å². The van der Waals surface area contributed by atoms with Gasteiger partial charge in [0, 0.05) is 57.8 Å². The Hall–Kier alpha value is -1.42. The van der Waals surface area contributed by atoms with Crippen LogP contribution in [0.15, 0.2) is 29.3 Å². The van der Waals surface area contributed by atoms with Crippen molar-refractivity contribution in [1.82, 2.24) is 15.5 Å². The van der Waals surface area contributed by atoms with E-state index in [1.54, 1.807) is 19.2 Å². The van der Waals surface area contributed by atoms with Crippen LogP contribution in [-0.4, -0.2) is 62.7 Å². The first-order chi connectivity index (χ1) is 13.6. The highest BCUT2D eigenvalue weighted by Gasteiger charge is 2.35. The van der Waals surface area contributed by atoms with Crippen molar-refractivity contribution in [3.63, 3.8) is 0 Å². The maximum atomic E-state index is 13.8. The number of ether oxygens (including phenoxy) is 1. The van der Waals surface area contributed by atoms with Crippen molar-refractivity contribution >= 4 is 35.8 Å². The number of amides is 1. The highest BCUT2D eigenvalue weighted by molar-refractivity contribution is 14.0. The second-order valence-corrected chi connectivity index (χ2v) is 7.65. The standard InChI is InChI=1S/C21H31FN4O2.HI/c1-3-19(27)26-10-7-18(14-26)25-20(23-2)24-15-21(8-11-28-12-9-21)16-5-4-6-17(22)13-16;/h4-6,13,18H,3,7-12,14-15H2,1-2H3,(H2,23,24,25);1H. The molecule has 29 heavy (non-hydrogen) atoms. The topological polar surface area (TPSA) is 66.0 Å². The molecule has 0 aromatic heterocycles. The van der Waals surface area contributed by atoms with E-state index in [0.717, 1.165) is 37.3 Å². The average Bonchev–Trinajstić information content (AvgIpc) is 3.19. The van der Waals surface area contributed by atoms with E-state index in [-0.39, 0.29) is 47.2 Å². The van der Waals surface area contributed by atoms with E-state index in [4.69, 9.17) is 4.74 Å². The van der Waals surface area contributed by atoms with E-state index >= 15 is 0 Å². The Labute approximate surface area is 189 Å². The molecular weight excluding hydrogens is 486 g/mol.